The molecule has 0 aliphatic heterocycles. The molecular weight excluding hydrogens is 323 g/mol. The van der Waals surface area contributed by atoms with Gasteiger partial charge in [-0.2, -0.15) is 0 Å². The third-order valence-electron chi connectivity index (χ3n) is 0.167. The van der Waals surface area contributed by atoms with E-state index in [9.17, 15) is 0 Å². The molecular formula is C2B4O16-14. The Morgan fingerprint density at radius 1 is 0.409 bits per heavy atom. The Balaban J connectivity index is -0.0000000555. The van der Waals surface area contributed by atoms with Crippen LogP contribution in [0.5, 0.6) is 0 Å². The Labute approximate surface area is 122 Å². The highest BCUT2D eigenvalue weighted by molar-refractivity contribution is 6.25. The fraction of sp³-hybridized carbons (Fsp3) is 0. The third-order valence-corrected chi connectivity index (χ3v) is 0.167. The summed E-state index contributed by atoms with van der Waals surface area (Å²) < 4.78 is 0. The summed E-state index contributed by atoms with van der Waals surface area (Å²) in [6.07, 6.45) is 0. The molecule has 0 aliphatic carbocycles. The van der Waals surface area contributed by atoms with Gasteiger partial charge in [-0.15, -0.1) is 0 Å². The Kier molecular flexibility index (Phi) is 36.6. The van der Waals surface area contributed by atoms with Crippen molar-refractivity contribution in [3.8, 4) is 0 Å². The van der Waals surface area contributed by atoms with Crippen molar-refractivity contribution >= 4 is 41.2 Å². The third kappa shape index (κ3) is 795. The van der Waals surface area contributed by atoms with Crippen LogP contribution < -0.4 is 70.5 Å². The molecule has 0 atom stereocenters. The zero-order chi connectivity index (χ0) is 19.5. The van der Waals surface area contributed by atoms with Gasteiger partial charge in [-0.3, -0.25) is 29.3 Å². The van der Waals surface area contributed by atoms with Crippen LogP contribution in [0.2, 0.25) is 0 Å². The highest BCUT2D eigenvalue weighted by Gasteiger charge is 1.74. The molecule has 0 spiro atoms. The normalized spacial score (nSPS) is 6.91. The summed E-state index contributed by atoms with van der Waals surface area (Å²) in [7, 11) is -11.7. The first kappa shape index (κ1) is 32.6. The van der Waals surface area contributed by atoms with Crippen molar-refractivity contribution < 1.29 is 80.1 Å². The zero-order valence-corrected chi connectivity index (χ0v) is 9.84. The van der Waals surface area contributed by atoms with Gasteiger partial charge in [0.05, 0.1) is 11.9 Å². The topological polar surface area (TPSA) is 357 Å². The lowest BCUT2D eigenvalue weighted by Gasteiger charge is -2.35. The molecule has 0 N–H and O–H groups in total. The maximum Gasteiger partial charge on any atom is 0.0870 e. The minimum absolute atomic E-state index is 2.19. The molecule has 0 aromatic rings. The Morgan fingerprint density at radius 3 is 0.455 bits per heavy atom. The van der Waals surface area contributed by atoms with Crippen LogP contribution >= 0.6 is 0 Å². The smallest absolute Gasteiger partial charge is 0.0870 e. The summed E-state index contributed by atoms with van der Waals surface area (Å²) in [6, 6.07) is 0. The van der Waals surface area contributed by atoms with E-state index in [2.05, 4.69) is 0 Å². The molecule has 0 unspecified atom stereocenters. The second kappa shape index (κ2) is 24.7. The van der Waals surface area contributed by atoms with Crippen molar-refractivity contribution in [2.75, 3.05) is 0 Å². The quantitative estimate of drug-likeness (QED) is 0.294. The highest BCUT2D eigenvalue weighted by atomic mass is 16.5. The van der Waals surface area contributed by atoms with Gasteiger partial charge >= 0.3 is 0 Å². The fourth-order valence-electron chi connectivity index (χ4n) is 0. The van der Waals surface area contributed by atoms with Crippen LogP contribution in [0.25, 0.3) is 0 Å². The minimum Gasteiger partial charge on any atom is -0.907 e. The molecule has 130 valence electrons. The van der Waals surface area contributed by atoms with Crippen molar-refractivity contribution in [2.24, 2.45) is 0 Å². The van der Waals surface area contributed by atoms with Crippen molar-refractivity contribution in [1.82, 2.24) is 0 Å². The largest absolute Gasteiger partial charge is 0.907 e. The zero-order valence-electron chi connectivity index (χ0n) is 9.84. The van der Waals surface area contributed by atoms with Crippen LogP contribution in [-0.4, -0.2) is 41.2 Å². The van der Waals surface area contributed by atoms with E-state index in [1.165, 1.54) is 0 Å². The van der Waals surface area contributed by atoms with Gasteiger partial charge in [0.25, 0.3) is 0 Å². The maximum atomic E-state index is 8.93. The average Bonchev–Trinajstić information content (AvgIpc) is 2.12. The van der Waals surface area contributed by atoms with Crippen LogP contribution in [0.15, 0.2) is 0 Å². The van der Waals surface area contributed by atoms with Crippen LogP contribution in [-0.2, 0) is 9.59 Å². The standard InChI is InChI=1S/C2H2O4.4BO3/c3-1(4)2(5)6;4*2-1(3)4/h(H,3,4)(H,5,6);;;;/q;4*-3/p-2. The first-order valence-electron chi connectivity index (χ1n) is 3.89. The predicted octanol–water partition coefficient (Wildman–Crippen LogP) is -19.3. The molecule has 0 bridgehead atoms. The van der Waals surface area contributed by atoms with E-state index < -0.39 is 41.2 Å². The van der Waals surface area contributed by atoms with Crippen LogP contribution in [0.1, 0.15) is 0 Å². The van der Waals surface area contributed by atoms with E-state index >= 15 is 0 Å². The summed E-state index contributed by atoms with van der Waals surface area (Å²) in [5, 5.41) is 119. The molecule has 20 heteroatoms. The number of hydrogen-bond donors (Lipinski definition) is 0. The Bertz CT molecular complexity index is 181. The number of aliphatic carboxylic acids is 2. The van der Waals surface area contributed by atoms with E-state index in [4.69, 9.17) is 80.1 Å². The van der Waals surface area contributed by atoms with Gasteiger partial charge in [0.1, 0.15) is 0 Å². The van der Waals surface area contributed by atoms with Crippen molar-refractivity contribution in [1.29, 1.82) is 0 Å². The number of carbonyl (C=O) groups excluding carboxylic acids is 2. The molecule has 0 heterocycles. The van der Waals surface area contributed by atoms with Gasteiger partial charge < -0.3 is 80.1 Å². The summed E-state index contributed by atoms with van der Waals surface area (Å²) in [6.45, 7) is 0. The molecule has 0 aliphatic rings. The molecule has 0 fully saturated rings. The van der Waals surface area contributed by atoms with Gasteiger partial charge in [0.2, 0.25) is 0 Å². The van der Waals surface area contributed by atoms with Crippen LogP contribution in [0.3, 0.4) is 0 Å². The molecule has 0 aromatic carbocycles. The van der Waals surface area contributed by atoms with E-state index in [1.54, 1.807) is 0 Å². The number of rotatable bonds is 0. The van der Waals surface area contributed by atoms with Gasteiger partial charge in [-0.1, -0.05) is 0 Å². The molecule has 0 saturated carbocycles. The van der Waals surface area contributed by atoms with E-state index in [0.717, 1.165) is 0 Å². The number of carboxylic acids is 2. The lowest BCUT2D eigenvalue weighted by atomic mass is 10.3. The number of carbonyl (C=O) groups is 2. The summed E-state index contributed by atoms with van der Waals surface area (Å²) in [4.78, 5) is 17.9. The van der Waals surface area contributed by atoms with Gasteiger partial charge in [-0.05, 0) is 0 Å². The lowest BCUT2D eigenvalue weighted by molar-refractivity contribution is -0.481. The second-order valence-electron chi connectivity index (χ2n) is 1.73. The maximum absolute atomic E-state index is 8.93. The highest BCUT2D eigenvalue weighted by Crippen LogP contribution is 1.41. The number of hydrogen-bond acceptors (Lipinski definition) is 16. The van der Waals surface area contributed by atoms with E-state index in [0.29, 0.717) is 0 Å². The molecule has 16 nitrogen and oxygen atoms in total. The van der Waals surface area contributed by atoms with Crippen molar-refractivity contribution in [2.45, 2.75) is 0 Å². The first-order chi connectivity index (χ1) is 9.57. The van der Waals surface area contributed by atoms with Crippen molar-refractivity contribution in [3.63, 3.8) is 0 Å². The minimum atomic E-state index is -2.92. The molecule has 22 heavy (non-hydrogen) atoms. The molecule has 0 aromatic heterocycles. The molecule has 0 rings (SSSR count). The summed E-state index contributed by atoms with van der Waals surface area (Å²) in [5.41, 5.74) is 0. The second-order valence-corrected chi connectivity index (χ2v) is 1.73. The summed E-state index contributed by atoms with van der Waals surface area (Å²) in [5.74, 6) is -4.37. The van der Waals surface area contributed by atoms with Crippen LogP contribution in [0.4, 0.5) is 0 Å². The van der Waals surface area contributed by atoms with Crippen LogP contribution in [0, 0.1) is 0 Å². The van der Waals surface area contributed by atoms with E-state index in [1.807, 2.05) is 0 Å². The molecule has 0 radical (unpaired) electrons. The molecule has 0 saturated heterocycles. The number of carboxylic acid groups (broad SMARTS) is 2. The van der Waals surface area contributed by atoms with E-state index in [-0.39, 0.29) is 0 Å². The predicted molar refractivity (Wildman–Crippen MR) is 33.0 cm³/mol. The Hall–Kier alpha value is -1.28. The molecule has 0 amide bonds. The monoisotopic (exact) mass is 324 g/mol. The van der Waals surface area contributed by atoms with Gasteiger partial charge in [0.15, 0.2) is 0 Å². The van der Waals surface area contributed by atoms with Gasteiger partial charge in [0, 0.05) is 0 Å². The average molecular weight is 323 g/mol. The summed E-state index contributed by atoms with van der Waals surface area (Å²) >= 11 is 0. The SMILES string of the molecule is O=C([O-])C(=O)[O-].[O-]B([O-])[O-].[O-]B([O-])[O-].[O-]B([O-])[O-].[O-]B([O-])[O-]. The van der Waals surface area contributed by atoms with Crippen molar-refractivity contribution in [3.05, 3.63) is 0 Å². The van der Waals surface area contributed by atoms with Gasteiger partial charge in [-0.25, -0.2) is 0 Å². The fourth-order valence-corrected chi connectivity index (χ4v) is 0. The first-order valence-corrected chi connectivity index (χ1v) is 3.89. The lowest BCUT2D eigenvalue weighted by Crippen LogP contribution is -2.56. The Morgan fingerprint density at radius 2 is 0.455 bits per heavy atom.